The average molecular weight is 583 g/mol. The van der Waals surface area contributed by atoms with Gasteiger partial charge in [0.25, 0.3) is 0 Å². The van der Waals surface area contributed by atoms with E-state index in [9.17, 15) is 14.4 Å². The standard InChI is InChI=1S/C27H40BrN3O6/c1-16(2)30(17(3)4)26(33)35-15-22-23(36-25(32)29-21-11-9-20(28)10-12-21)13-14-24(22)37-27(34)31(18(5)6)19(7)8/h9-12,15-19,23-24H,13-14H2,1-8H3,(H,29,32)/b22-15-/t23-,24+/m0/s1. The van der Waals surface area contributed by atoms with Gasteiger partial charge >= 0.3 is 18.3 Å². The highest BCUT2D eigenvalue weighted by Gasteiger charge is 2.38. The molecule has 2 rings (SSSR count). The van der Waals surface area contributed by atoms with Crippen LogP contribution in [0.3, 0.4) is 0 Å². The second kappa shape index (κ2) is 13.7. The summed E-state index contributed by atoms with van der Waals surface area (Å²) in [5, 5.41) is 2.69. The summed E-state index contributed by atoms with van der Waals surface area (Å²) in [6, 6.07) is 6.81. The van der Waals surface area contributed by atoms with E-state index in [4.69, 9.17) is 14.2 Å². The average Bonchev–Trinajstić information content (AvgIpc) is 3.13. The van der Waals surface area contributed by atoms with Gasteiger partial charge in [0.05, 0.1) is 0 Å². The molecule has 2 atom stereocenters. The Kier molecular flexibility index (Phi) is 11.3. The van der Waals surface area contributed by atoms with Crippen LogP contribution in [0.5, 0.6) is 0 Å². The van der Waals surface area contributed by atoms with Gasteiger partial charge in [-0.2, -0.15) is 0 Å². The molecule has 0 unspecified atom stereocenters. The Morgan fingerprint density at radius 2 is 1.27 bits per heavy atom. The fourth-order valence-electron chi connectivity index (χ4n) is 4.46. The van der Waals surface area contributed by atoms with Gasteiger partial charge in [0, 0.05) is 39.9 Å². The number of nitrogens with zero attached hydrogens (tertiary/aromatic N) is 2. The maximum absolute atomic E-state index is 13.0. The van der Waals surface area contributed by atoms with Crippen LogP contribution in [-0.2, 0) is 14.2 Å². The van der Waals surface area contributed by atoms with Gasteiger partial charge in [-0.1, -0.05) is 15.9 Å². The van der Waals surface area contributed by atoms with Crippen LogP contribution < -0.4 is 5.32 Å². The number of carbonyl (C=O) groups is 3. The topological polar surface area (TPSA) is 97.4 Å². The Morgan fingerprint density at radius 1 is 0.811 bits per heavy atom. The van der Waals surface area contributed by atoms with Crippen LogP contribution in [0.15, 0.2) is 40.6 Å². The lowest BCUT2D eigenvalue weighted by Crippen LogP contribution is -2.44. The predicted octanol–water partition coefficient (Wildman–Crippen LogP) is 6.92. The Bertz CT molecular complexity index is 945. The van der Waals surface area contributed by atoms with E-state index in [1.54, 1.807) is 34.1 Å². The second-order valence-electron chi connectivity index (χ2n) is 10.2. The highest BCUT2D eigenvalue weighted by molar-refractivity contribution is 9.10. The van der Waals surface area contributed by atoms with Gasteiger partial charge in [-0.05, 0) is 92.5 Å². The molecule has 0 saturated heterocycles. The largest absolute Gasteiger partial charge is 0.441 e. The van der Waals surface area contributed by atoms with Gasteiger partial charge < -0.3 is 24.0 Å². The fourth-order valence-corrected chi connectivity index (χ4v) is 4.72. The van der Waals surface area contributed by atoms with E-state index in [2.05, 4.69) is 21.2 Å². The van der Waals surface area contributed by atoms with Crippen molar-refractivity contribution in [3.8, 4) is 0 Å². The molecular formula is C27H40BrN3O6. The first-order valence-corrected chi connectivity index (χ1v) is 13.5. The van der Waals surface area contributed by atoms with Crippen LogP contribution in [0.1, 0.15) is 68.2 Å². The van der Waals surface area contributed by atoms with Gasteiger partial charge in [-0.15, -0.1) is 0 Å². The van der Waals surface area contributed by atoms with E-state index < -0.39 is 30.5 Å². The molecule has 0 bridgehead atoms. The molecule has 0 heterocycles. The van der Waals surface area contributed by atoms with Crippen molar-refractivity contribution in [2.75, 3.05) is 5.32 Å². The van der Waals surface area contributed by atoms with Gasteiger partial charge in [0.15, 0.2) is 0 Å². The van der Waals surface area contributed by atoms with Crippen LogP contribution in [0, 0.1) is 0 Å². The van der Waals surface area contributed by atoms with Crippen LogP contribution in [0.4, 0.5) is 20.1 Å². The summed E-state index contributed by atoms with van der Waals surface area (Å²) in [5.74, 6) is 0. The smallest absolute Gasteiger partial charge is 0.415 e. The quantitative estimate of drug-likeness (QED) is 0.264. The molecule has 10 heteroatoms. The highest BCUT2D eigenvalue weighted by Crippen LogP contribution is 2.32. The fraction of sp³-hybridized carbons (Fsp3) is 0.593. The number of ether oxygens (including phenoxy) is 3. The number of hydrogen-bond donors (Lipinski definition) is 1. The third-order valence-corrected chi connectivity index (χ3v) is 6.49. The molecule has 1 aliphatic carbocycles. The minimum absolute atomic E-state index is 0.0615. The maximum atomic E-state index is 13.0. The van der Waals surface area contributed by atoms with E-state index in [1.807, 2.05) is 55.4 Å². The van der Waals surface area contributed by atoms with Crippen LogP contribution >= 0.6 is 15.9 Å². The number of nitrogens with one attached hydrogen (secondary N) is 1. The van der Waals surface area contributed by atoms with Crippen molar-refractivity contribution in [3.63, 3.8) is 0 Å². The van der Waals surface area contributed by atoms with Crippen molar-refractivity contribution >= 4 is 39.9 Å². The minimum atomic E-state index is -0.723. The van der Waals surface area contributed by atoms with E-state index in [-0.39, 0.29) is 24.2 Å². The summed E-state index contributed by atoms with van der Waals surface area (Å²) in [7, 11) is 0. The molecule has 1 N–H and O–H groups in total. The van der Waals surface area contributed by atoms with Crippen molar-refractivity contribution in [1.29, 1.82) is 0 Å². The van der Waals surface area contributed by atoms with Gasteiger partial charge in [-0.25, -0.2) is 14.4 Å². The number of halogens is 1. The van der Waals surface area contributed by atoms with Gasteiger partial charge in [-0.3, -0.25) is 5.32 Å². The van der Waals surface area contributed by atoms with Crippen molar-refractivity contribution in [3.05, 3.63) is 40.6 Å². The Labute approximate surface area is 228 Å². The van der Waals surface area contributed by atoms with Crippen molar-refractivity contribution in [2.45, 2.75) is 105 Å². The van der Waals surface area contributed by atoms with E-state index in [0.29, 0.717) is 24.1 Å². The first-order valence-electron chi connectivity index (χ1n) is 12.7. The summed E-state index contributed by atoms with van der Waals surface area (Å²) in [5.41, 5.74) is 0.993. The lowest BCUT2D eigenvalue weighted by atomic mass is 10.2. The zero-order valence-corrected chi connectivity index (χ0v) is 24.6. The molecule has 37 heavy (non-hydrogen) atoms. The predicted molar refractivity (Wildman–Crippen MR) is 146 cm³/mol. The van der Waals surface area contributed by atoms with Crippen LogP contribution in [0.25, 0.3) is 0 Å². The molecule has 1 aliphatic rings. The summed E-state index contributed by atoms with van der Waals surface area (Å²) in [4.78, 5) is 41.7. The molecule has 1 fully saturated rings. The normalized spacial score (nSPS) is 18.5. The van der Waals surface area contributed by atoms with E-state index in [1.165, 1.54) is 6.26 Å². The lowest BCUT2D eigenvalue weighted by Gasteiger charge is -2.31. The monoisotopic (exact) mass is 581 g/mol. The molecule has 1 aromatic carbocycles. The molecule has 0 spiro atoms. The van der Waals surface area contributed by atoms with Crippen molar-refractivity contribution < 1.29 is 28.6 Å². The first-order chi connectivity index (χ1) is 17.3. The number of anilines is 1. The zero-order valence-electron chi connectivity index (χ0n) is 23.0. The summed E-state index contributed by atoms with van der Waals surface area (Å²) >= 11 is 3.36. The Morgan fingerprint density at radius 3 is 1.76 bits per heavy atom. The third-order valence-electron chi connectivity index (χ3n) is 5.96. The minimum Gasteiger partial charge on any atom is -0.441 e. The van der Waals surface area contributed by atoms with Crippen molar-refractivity contribution in [2.24, 2.45) is 0 Å². The Hall–Kier alpha value is -2.75. The molecule has 0 aliphatic heterocycles. The molecule has 9 nitrogen and oxygen atoms in total. The molecule has 3 amide bonds. The Balaban J connectivity index is 2.24. The number of amides is 3. The molecule has 1 aromatic rings. The van der Waals surface area contributed by atoms with Crippen LogP contribution in [0.2, 0.25) is 0 Å². The molecule has 0 aromatic heterocycles. The number of hydrogen-bond acceptors (Lipinski definition) is 6. The molecule has 0 radical (unpaired) electrons. The molecule has 206 valence electrons. The molecule has 1 saturated carbocycles. The zero-order chi connectivity index (χ0) is 27.9. The molecular weight excluding hydrogens is 542 g/mol. The summed E-state index contributed by atoms with van der Waals surface area (Å²) in [6.07, 6.45) is -0.969. The number of rotatable bonds is 8. The first kappa shape index (κ1) is 30.5. The third kappa shape index (κ3) is 8.66. The second-order valence-corrected chi connectivity index (χ2v) is 11.1. The maximum Gasteiger partial charge on any atom is 0.415 e. The van der Waals surface area contributed by atoms with Gasteiger partial charge in [0.1, 0.15) is 18.5 Å². The number of benzene rings is 1. The lowest BCUT2D eigenvalue weighted by molar-refractivity contribution is 0.0561. The van der Waals surface area contributed by atoms with Crippen molar-refractivity contribution in [1.82, 2.24) is 9.80 Å². The van der Waals surface area contributed by atoms with E-state index in [0.717, 1.165) is 4.47 Å². The summed E-state index contributed by atoms with van der Waals surface area (Å²) in [6.45, 7) is 15.3. The SMILES string of the molecule is CC(C)N(C(=O)O/C=C1/[C@@H](OC(=O)Nc2ccc(Br)cc2)CC[C@H]1OC(=O)N(C(C)C)C(C)C)C(C)C. The van der Waals surface area contributed by atoms with Crippen LogP contribution in [-0.4, -0.2) is 64.5 Å². The highest BCUT2D eigenvalue weighted by atomic mass is 79.9. The number of carbonyl (C=O) groups excluding carboxylic acids is 3. The van der Waals surface area contributed by atoms with E-state index >= 15 is 0 Å². The summed E-state index contributed by atoms with van der Waals surface area (Å²) < 4.78 is 17.9. The van der Waals surface area contributed by atoms with Gasteiger partial charge in [0.2, 0.25) is 0 Å².